The average Bonchev–Trinajstić information content (AvgIpc) is 3.17. The van der Waals surface area contributed by atoms with Crippen LogP contribution in [0.15, 0.2) is 36.7 Å². The third kappa shape index (κ3) is 2.24. The number of hydrogen-bond donors (Lipinski definition) is 1. The Morgan fingerprint density at radius 1 is 1.32 bits per heavy atom. The molecule has 7 heteroatoms. The quantitative estimate of drug-likeness (QED) is 0.924. The first-order valence-electron chi connectivity index (χ1n) is 7.05. The number of hydrogen-bond acceptors (Lipinski definition) is 4. The molecule has 0 radical (unpaired) electrons. The summed E-state index contributed by atoms with van der Waals surface area (Å²) < 4.78 is 1.55. The van der Waals surface area contributed by atoms with Crippen LogP contribution in [0.25, 0.3) is 5.82 Å². The van der Waals surface area contributed by atoms with Gasteiger partial charge in [0.15, 0.2) is 5.82 Å². The zero-order valence-corrected chi connectivity index (χ0v) is 12.1. The van der Waals surface area contributed by atoms with E-state index in [-0.39, 0.29) is 11.6 Å². The number of pyridine rings is 1. The van der Waals surface area contributed by atoms with Gasteiger partial charge in [-0.05, 0) is 38.0 Å². The van der Waals surface area contributed by atoms with Crippen molar-refractivity contribution in [2.45, 2.75) is 25.3 Å². The van der Waals surface area contributed by atoms with Crippen LogP contribution in [0.3, 0.4) is 0 Å². The molecule has 2 aromatic rings. The van der Waals surface area contributed by atoms with E-state index in [1.54, 1.807) is 48.3 Å². The van der Waals surface area contributed by atoms with Crippen LogP contribution in [-0.2, 0) is 4.79 Å². The lowest BCUT2D eigenvalue weighted by Crippen LogP contribution is -2.51. The first-order chi connectivity index (χ1) is 10.5. The van der Waals surface area contributed by atoms with E-state index in [0.717, 1.165) is 0 Å². The van der Waals surface area contributed by atoms with E-state index in [4.69, 9.17) is 0 Å². The van der Waals surface area contributed by atoms with Crippen molar-refractivity contribution in [2.24, 2.45) is 0 Å². The largest absolute Gasteiger partial charge is 0.480 e. The van der Waals surface area contributed by atoms with Crippen molar-refractivity contribution in [2.75, 3.05) is 6.54 Å². The number of aliphatic carboxylic acids is 1. The van der Waals surface area contributed by atoms with Crippen LogP contribution < -0.4 is 0 Å². The molecule has 0 spiro atoms. The lowest BCUT2D eigenvalue weighted by atomic mass is 9.99. The summed E-state index contributed by atoms with van der Waals surface area (Å²) in [5, 5.41) is 13.5. The average molecular weight is 300 g/mol. The fourth-order valence-corrected chi connectivity index (χ4v) is 2.72. The molecular weight excluding hydrogens is 284 g/mol. The molecule has 1 atom stereocenters. The Labute approximate surface area is 127 Å². The third-order valence-electron chi connectivity index (χ3n) is 4.04. The van der Waals surface area contributed by atoms with E-state index in [2.05, 4.69) is 10.1 Å². The number of nitrogens with zero attached hydrogens (tertiary/aromatic N) is 4. The van der Waals surface area contributed by atoms with Gasteiger partial charge in [0, 0.05) is 18.9 Å². The van der Waals surface area contributed by atoms with Gasteiger partial charge in [-0.3, -0.25) is 4.79 Å². The van der Waals surface area contributed by atoms with Crippen LogP contribution >= 0.6 is 0 Å². The number of carboxylic acid groups (broad SMARTS) is 1. The molecule has 0 aliphatic carbocycles. The number of rotatable bonds is 3. The second-order valence-electron chi connectivity index (χ2n) is 5.47. The lowest BCUT2D eigenvalue weighted by molar-refractivity contribution is -0.147. The summed E-state index contributed by atoms with van der Waals surface area (Å²) in [4.78, 5) is 29.8. The monoisotopic (exact) mass is 300 g/mol. The molecular formula is C15H16N4O3. The van der Waals surface area contributed by atoms with Crippen molar-refractivity contribution in [1.82, 2.24) is 19.7 Å². The molecule has 22 heavy (non-hydrogen) atoms. The van der Waals surface area contributed by atoms with Crippen molar-refractivity contribution in [3.63, 3.8) is 0 Å². The van der Waals surface area contributed by atoms with Gasteiger partial charge in [0.25, 0.3) is 5.91 Å². The third-order valence-corrected chi connectivity index (χ3v) is 4.04. The summed E-state index contributed by atoms with van der Waals surface area (Å²) in [5.74, 6) is -0.829. The van der Waals surface area contributed by atoms with E-state index in [0.29, 0.717) is 25.2 Å². The van der Waals surface area contributed by atoms with Gasteiger partial charge in [0.1, 0.15) is 11.2 Å². The first-order valence-corrected chi connectivity index (χ1v) is 7.05. The smallest absolute Gasteiger partial charge is 0.329 e. The van der Waals surface area contributed by atoms with Gasteiger partial charge >= 0.3 is 5.97 Å². The van der Waals surface area contributed by atoms with Crippen LogP contribution in [0.4, 0.5) is 0 Å². The van der Waals surface area contributed by atoms with Crippen LogP contribution in [0.5, 0.6) is 0 Å². The number of amides is 1. The van der Waals surface area contributed by atoms with Gasteiger partial charge in [0.05, 0.1) is 0 Å². The van der Waals surface area contributed by atoms with E-state index in [9.17, 15) is 14.7 Å². The fraction of sp³-hybridized carbons (Fsp3) is 0.333. The minimum absolute atomic E-state index is 0.224. The molecule has 0 aromatic carbocycles. The number of carboxylic acids is 1. The fourth-order valence-electron chi connectivity index (χ4n) is 2.72. The summed E-state index contributed by atoms with van der Waals surface area (Å²) in [6.07, 6.45) is 4.48. The van der Waals surface area contributed by atoms with Gasteiger partial charge in [0.2, 0.25) is 0 Å². The normalized spacial score (nSPS) is 21.0. The SMILES string of the molecule is CC1(C(=O)O)CCCN1C(=O)c1cccc(-n2cccn2)n1. The topological polar surface area (TPSA) is 88.3 Å². The molecule has 1 N–H and O–H groups in total. The molecule has 2 aromatic heterocycles. The van der Waals surface area contributed by atoms with Crippen LogP contribution in [0, 0.1) is 0 Å². The predicted molar refractivity (Wildman–Crippen MR) is 77.7 cm³/mol. The number of likely N-dealkylation sites (tertiary alicyclic amines) is 1. The summed E-state index contributed by atoms with van der Waals surface area (Å²) >= 11 is 0. The van der Waals surface area contributed by atoms with Crippen molar-refractivity contribution in [1.29, 1.82) is 0 Å². The van der Waals surface area contributed by atoms with Crippen molar-refractivity contribution in [3.8, 4) is 5.82 Å². The van der Waals surface area contributed by atoms with Crippen LogP contribution in [0.1, 0.15) is 30.3 Å². The molecule has 3 rings (SSSR count). The van der Waals surface area contributed by atoms with Crippen molar-refractivity contribution < 1.29 is 14.7 Å². The zero-order valence-electron chi connectivity index (χ0n) is 12.1. The maximum atomic E-state index is 12.7. The molecule has 1 amide bonds. The van der Waals surface area contributed by atoms with Gasteiger partial charge in [-0.1, -0.05) is 6.07 Å². The summed E-state index contributed by atoms with van der Waals surface area (Å²) in [5.41, 5.74) is -0.942. The molecule has 3 heterocycles. The van der Waals surface area contributed by atoms with Crippen LogP contribution in [0.2, 0.25) is 0 Å². The highest BCUT2D eigenvalue weighted by atomic mass is 16.4. The molecule has 1 aliphatic heterocycles. The second kappa shape index (κ2) is 5.25. The highest BCUT2D eigenvalue weighted by Gasteiger charge is 2.46. The zero-order chi connectivity index (χ0) is 15.7. The predicted octanol–water partition coefficient (Wildman–Crippen LogP) is 1.35. The molecule has 0 bridgehead atoms. The molecule has 1 unspecified atom stereocenters. The highest BCUT2D eigenvalue weighted by Crippen LogP contribution is 2.30. The van der Waals surface area contributed by atoms with Gasteiger partial charge in [-0.25, -0.2) is 14.5 Å². The Balaban J connectivity index is 1.93. The molecule has 0 saturated carbocycles. The first kappa shape index (κ1) is 14.2. The Kier molecular flexibility index (Phi) is 3.40. The molecule has 7 nitrogen and oxygen atoms in total. The van der Waals surface area contributed by atoms with Gasteiger partial charge in [-0.2, -0.15) is 5.10 Å². The summed E-state index contributed by atoms with van der Waals surface area (Å²) in [6.45, 7) is 2.01. The minimum Gasteiger partial charge on any atom is -0.480 e. The summed E-state index contributed by atoms with van der Waals surface area (Å²) in [7, 11) is 0. The molecule has 1 fully saturated rings. The minimum atomic E-state index is -1.17. The molecule has 1 saturated heterocycles. The van der Waals surface area contributed by atoms with E-state index in [1.165, 1.54) is 4.90 Å². The Hall–Kier alpha value is -2.70. The second-order valence-corrected chi connectivity index (χ2v) is 5.47. The maximum Gasteiger partial charge on any atom is 0.329 e. The summed E-state index contributed by atoms with van der Waals surface area (Å²) in [6, 6.07) is 6.81. The van der Waals surface area contributed by atoms with E-state index in [1.807, 2.05) is 0 Å². The van der Waals surface area contributed by atoms with Gasteiger partial charge < -0.3 is 10.0 Å². The number of aromatic nitrogens is 3. The van der Waals surface area contributed by atoms with E-state index < -0.39 is 11.5 Å². The van der Waals surface area contributed by atoms with Crippen molar-refractivity contribution in [3.05, 3.63) is 42.4 Å². The Morgan fingerprint density at radius 3 is 2.82 bits per heavy atom. The van der Waals surface area contributed by atoms with Gasteiger partial charge in [-0.15, -0.1) is 0 Å². The Morgan fingerprint density at radius 2 is 2.14 bits per heavy atom. The maximum absolute atomic E-state index is 12.7. The van der Waals surface area contributed by atoms with Crippen LogP contribution in [-0.4, -0.2) is 48.7 Å². The number of carbonyl (C=O) groups excluding carboxylic acids is 1. The highest BCUT2D eigenvalue weighted by molar-refractivity contribution is 5.96. The Bertz CT molecular complexity index is 713. The standard InChI is InChI=1S/C15H16N4O3/c1-15(14(21)22)7-3-9-18(15)13(20)11-5-2-6-12(17-11)19-10-4-8-16-19/h2,4-6,8,10H,3,7,9H2,1H3,(H,21,22). The van der Waals surface area contributed by atoms with Crippen molar-refractivity contribution >= 4 is 11.9 Å². The lowest BCUT2D eigenvalue weighted by Gasteiger charge is -2.30. The molecule has 114 valence electrons. The molecule has 1 aliphatic rings. The number of carbonyl (C=O) groups is 2. The van der Waals surface area contributed by atoms with E-state index >= 15 is 0 Å².